The number of rotatable bonds is 2. The molecule has 0 aliphatic carbocycles. The Hall–Kier alpha value is -2.67. The van der Waals surface area contributed by atoms with Crippen molar-refractivity contribution >= 4 is 17.5 Å². The summed E-state index contributed by atoms with van der Waals surface area (Å²) in [4.78, 5) is 28.5. The van der Waals surface area contributed by atoms with Gasteiger partial charge in [-0.15, -0.1) is 0 Å². The van der Waals surface area contributed by atoms with Gasteiger partial charge in [0.2, 0.25) is 0 Å². The summed E-state index contributed by atoms with van der Waals surface area (Å²) in [6.45, 7) is 3.35. The fourth-order valence-corrected chi connectivity index (χ4v) is 3.95. The molecule has 0 saturated carbocycles. The standard InChI is InChI=1S/C21H23FN2O4/c1-15-3-8-18(28-15)20(26)23-11-2-9-21(10-12-23)14-24(19(25)13-27-21)17-6-4-16(22)5-7-17/h3-8H,2,9-14H2,1H3. The summed E-state index contributed by atoms with van der Waals surface area (Å²) in [5, 5.41) is 0. The molecule has 4 rings (SSSR count). The van der Waals surface area contributed by atoms with E-state index in [0.717, 1.165) is 12.8 Å². The summed E-state index contributed by atoms with van der Waals surface area (Å²) >= 11 is 0. The smallest absolute Gasteiger partial charge is 0.289 e. The molecule has 148 valence electrons. The lowest BCUT2D eigenvalue weighted by Crippen LogP contribution is -2.55. The number of anilines is 1. The van der Waals surface area contributed by atoms with Crippen LogP contribution in [0.25, 0.3) is 0 Å². The third-order valence-electron chi connectivity index (χ3n) is 5.52. The molecule has 0 N–H and O–H groups in total. The molecule has 7 heteroatoms. The van der Waals surface area contributed by atoms with E-state index in [4.69, 9.17) is 9.15 Å². The number of carbonyl (C=O) groups excluding carboxylic acids is 2. The second-order valence-corrected chi connectivity index (χ2v) is 7.48. The fourth-order valence-electron chi connectivity index (χ4n) is 3.95. The zero-order valence-corrected chi connectivity index (χ0v) is 15.8. The van der Waals surface area contributed by atoms with Crippen molar-refractivity contribution in [3.05, 3.63) is 53.7 Å². The monoisotopic (exact) mass is 386 g/mol. The number of likely N-dealkylation sites (tertiary alicyclic amines) is 1. The molecule has 28 heavy (non-hydrogen) atoms. The van der Waals surface area contributed by atoms with E-state index < -0.39 is 5.60 Å². The van der Waals surface area contributed by atoms with E-state index in [9.17, 15) is 14.0 Å². The van der Waals surface area contributed by atoms with Crippen LogP contribution in [0, 0.1) is 12.7 Å². The number of hydrogen-bond acceptors (Lipinski definition) is 4. The summed E-state index contributed by atoms with van der Waals surface area (Å²) in [5.41, 5.74) is 0.161. The average molecular weight is 386 g/mol. The maximum Gasteiger partial charge on any atom is 0.289 e. The van der Waals surface area contributed by atoms with Crippen molar-refractivity contribution in [2.24, 2.45) is 0 Å². The normalized spacial score (nSPS) is 23.1. The number of furan rings is 1. The number of carbonyl (C=O) groups is 2. The molecule has 1 aromatic carbocycles. The summed E-state index contributed by atoms with van der Waals surface area (Å²) in [7, 11) is 0. The van der Waals surface area contributed by atoms with Gasteiger partial charge in [-0.2, -0.15) is 0 Å². The van der Waals surface area contributed by atoms with Crippen molar-refractivity contribution < 1.29 is 23.1 Å². The first-order chi connectivity index (χ1) is 13.5. The lowest BCUT2D eigenvalue weighted by Gasteiger charge is -2.42. The molecular formula is C21H23FN2O4. The number of morpholine rings is 1. The SMILES string of the molecule is Cc1ccc(C(=O)N2CCCC3(CC2)CN(c2ccc(F)cc2)C(=O)CO3)o1. The van der Waals surface area contributed by atoms with Crippen molar-refractivity contribution in [2.45, 2.75) is 31.8 Å². The predicted octanol–water partition coefficient (Wildman–Crippen LogP) is 3.16. The van der Waals surface area contributed by atoms with E-state index in [1.165, 1.54) is 12.1 Å². The van der Waals surface area contributed by atoms with Crippen LogP contribution in [0.3, 0.4) is 0 Å². The minimum Gasteiger partial charge on any atom is -0.456 e. The van der Waals surface area contributed by atoms with Gasteiger partial charge in [-0.1, -0.05) is 0 Å². The van der Waals surface area contributed by atoms with Crippen molar-refractivity contribution in [3.63, 3.8) is 0 Å². The minimum absolute atomic E-state index is 0.0112. The number of ether oxygens (including phenoxy) is 1. The van der Waals surface area contributed by atoms with E-state index in [1.54, 1.807) is 34.1 Å². The van der Waals surface area contributed by atoms with Gasteiger partial charge in [0.25, 0.3) is 11.8 Å². The average Bonchev–Trinajstić information content (AvgIpc) is 3.02. The summed E-state index contributed by atoms with van der Waals surface area (Å²) in [5.74, 6) is 0.462. The third-order valence-corrected chi connectivity index (χ3v) is 5.52. The van der Waals surface area contributed by atoms with Crippen LogP contribution >= 0.6 is 0 Å². The molecule has 2 aliphatic heterocycles. The molecule has 2 saturated heterocycles. The summed E-state index contributed by atoms with van der Waals surface area (Å²) < 4.78 is 24.7. The number of nitrogens with zero attached hydrogens (tertiary/aromatic N) is 2. The van der Waals surface area contributed by atoms with Crippen LogP contribution in [0.1, 0.15) is 35.6 Å². The Morgan fingerprint density at radius 1 is 1.11 bits per heavy atom. The second kappa shape index (κ2) is 7.39. The molecular weight excluding hydrogens is 363 g/mol. The van der Waals surface area contributed by atoms with Crippen LogP contribution in [0.4, 0.5) is 10.1 Å². The Morgan fingerprint density at radius 2 is 1.89 bits per heavy atom. The Labute approximate surface area is 162 Å². The molecule has 2 fully saturated rings. The number of hydrogen-bond donors (Lipinski definition) is 0. The van der Waals surface area contributed by atoms with Crippen LogP contribution in [0.2, 0.25) is 0 Å². The highest BCUT2D eigenvalue weighted by molar-refractivity contribution is 5.95. The van der Waals surface area contributed by atoms with Crippen LogP contribution in [0.15, 0.2) is 40.8 Å². The number of aryl methyl sites for hydroxylation is 1. The summed E-state index contributed by atoms with van der Waals surface area (Å²) in [6.07, 6.45) is 2.15. The van der Waals surface area contributed by atoms with E-state index in [2.05, 4.69) is 0 Å². The number of amides is 2. The first kappa shape index (κ1) is 18.7. The van der Waals surface area contributed by atoms with E-state index in [0.29, 0.717) is 43.3 Å². The molecule has 1 unspecified atom stereocenters. The van der Waals surface area contributed by atoms with E-state index >= 15 is 0 Å². The van der Waals surface area contributed by atoms with Gasteiger partial charge in [-0.3, -0.25) is 9.59 Å². The zero-order chi connectivity index (χ0) is 19.7. The van der Waals surface area contributed by atoms with Gasteiger partial charge in [-0.25, -0.2) is 4.39 Å². The third kappa shape index (κ3) is 3.67. The lowest BCUT2D eigenvalue weighted by atomic mass is 9.92. The van der Waals surface area contributed by atoms with E-state index in [-0.39, 0.29) is 24.2 Å². The molecule has 1 atom stereocenters. The maximum atomic E-state index is 13.2. The Morgan fingerprint density at radius 3 is 2.61 bits per heavy atom. The van der Waals surface area contributed by atoms with Gasteiger partial charge in [0, 0.05) is 18.8 Å². The highest BCUT2D eigenvalue weighted by Crippen LogP contribution is 2.33. The van der Waals surface area contributed by atoms with Crippen LogP contribution in [-0.4, -0.2) is 48.6 Å². The van der Waals surface area contributed by atoms with Gasteiger partial charge >= 0.3 is 0 Å². The van der Waals surface area contributed by atoms with Crippen LogP contribution < -0.4 is 4.90 Å². The number of benzene rings is 1. The first-order valence-electron chi connectivity index (χ1n) is 9.51. The largest absolute Gasteiger partial charge is 0.456 e. The molecule has 1 spiro atoms. The van der Waals surface area contributed by atoms with Gasteiger partial charge in [-0.05, 0) is 62.6 Å². The molecule has 0 bridgehead atoms. The molecule has 2 aliphatic rings. The molecule has 1 aromatic heterocycles. The van der Waals surface area contributed by atoms with Crippen molar-refractivity contribution in [3.8, 4) is 0 Å². The van der Waals surface area contributed by atoms with Gasteiger partial charge in [0.15, 0.2) is 5.76 Å². The van der Waals surface area contributed by atoms with Crippen molar-refractivity contribution in [1.29, 1.82) is 0 Å². The Balaban J connectivity index is 1.48. The Kier molecular flexibility index (Phi) is 4.93. The second-order valence-electron chi connectivity index (χ2n) is 7.48. The molecule has 3 heterocycles. The topological polar surface area (TPSA) is 63.0 Å². The van der Waals surface area contributed by atoms with Crippen LogP contribution in [0.5, 0.6) is 0 Å². The van der Waals surface area contributed by atoms with E-state index in [1.807, 2.05) is 6.92 Å². The van der Waals surface area contributed by atoms with Crippen molar-refractivity contribution in [1.82, 2.24) is 4.90 Å². The quantitative estimate of drug-likeness (QED) is 0.795. The van der Waals surface area contributed by atoms with Gasteiger partial charge in [0.1, 0.15) is 18.2 Å². The highest BCUT2D eigenvalue weighted by Gasteiger charge is 2.42. The zero-order valence-electron chi connectivity index (χ0n) is 15.8. The summed E-state index contributed by atoms with van der Waals surface area (Å²) in [6, 6.07) is 9.40. The van der Waals surface area contributed by atoms with Gasteiger partial charge < -0.3 is 19.0 Å². The first-order valence-corrected chi connectivity index (χ1v) is 9.51. The predicted molar refractivity (Wildman–Crippen MR) is 101 cm³/mol. The number of halogens is 1. The highest BCUT2D eigenvalue weighted by atomic mass is 19.1. The molecule has 2 amide bonds. The lowest BCUT2D eigenvalue weighted by molar-refractivity contribution is -0.140. The molecule has 0 radical (unpaired) electrons. The van der Waals surface area contributed by atoms with Crippen LogP contribution in [-0.2, 0) is 9.53 Å². The van der Waals surface area contributed by atoms with Crippen molar-refractivity contribution in [2.75, 3.05) is 31.1 Å². The Bertz CT molecular complexity index is 879. The molecule has 2 aromatic rings. The molecule has 6 nitrogen and oxygen atoms in total. The minimum atomic E-state index is -0.504. The maximum absolute atomic E-state index is 13.2. The fraction of sp³-hybridized carbons (Fsp3) is 0.429. The van der Waals surface area contributed by atoms with Gasteiger partial charge in [0.05, 0.1) is 12.1 Å².